The molecule has 2 aromatic carbocycles. The van der Waals surface area contributed by atoms with Crippen LogP contribution >= 0.6 is 0 Å². The van der Waals surface area contributed by atoms with Gasteiger partial charge in [-0.05, 0) is 38.1 Å². The summed E-state index contributed by atoms with van der Waals surface area (Å²) in [6, 6.07) is 16.6. The lowest BCUT2D eigenvalue weighted by molar-refractivity contribution is -0.132. The Labute approximate surface area is 174 Å². The average molecular weight is 403 g/mol. The number of nitrogens with zero attached hydrogens (tertiary/aromatic N) is 1. The van der Waals surface area contributed by atoms with E-state index in [9.17, 15) is 14.7 Å². The van der Waals surface area contributed by atoms with Crippen LogP contribution in [0.1, 0.15) is 28.7 Å². The van der Waals surface area contributed by atoms with Gasteiger partial charge in [0, 0.05) is 5.56 Å². The quantitative estimate of drug-likeness (QED) is 0.393. The predicted molar refractivity (Wildman–Crippen MR) is 112 cm³/mol. The summed E-state index contributed by atoms with van der Waals surface area (Å²) < 4.78 is 11.2. The minimum atomic E-state index is -0.920. The van der Waals surface area contributed by atoms with Crippen LogP contribution < -0.4 is 9.64 Å². The van der Waals surface area contributed by atoms with Gasteiger partial charge in [0.05, 0.1) is 18.4 Å². The molecule has 1 N–H and O–H groups in total. The van der Waals surface area contributed by atoms with Gasteiger partial charge >= 0.3 is 0 Å². The Bertz CT molecular complexity index is 1160. The average Bonchev–Trinajstić information content (AvgIpc) is 3.29. The van der Waals surface area contributed by atoms with E-state index in [-0.39, 0.29) is 11.3 Å². The van der Waals surface area contributed by atoms with Gasteiger partial charge in [-0.15, -0.1) is 0 Å². The number of aliphatic hydroxyl groups is 1. The minimum absolute atomic E-state index is 0.0240. The van der Waals surface area contributed by atoms with Gasteiger partial charge in [0.2, 0.25) is 0 Å². The molecule has 0 bridgehead atoms. The fourth-order valence-electron chi connectivity index (χ4n) is 3.65. The maximum atomic E-state index is 13.1. The van der Waals surface area contributed by atoms with Crippen molar-refractivity contribution < 1.29 is 23.8 Å². The monoisotopic (exact) mass is 403 g/mol. The van der Waals surface area contributed by atoms with Crippen molar-refractivity contribution in [2.75, 3.05) is 12.0 Å². The molecule has 0 radical (unpaired) electrons. The minimum Gasteiger partial charge on any atom is -0.507 e. The first kappa shape index (κ1) is 19.5. The van der Waals surface area contributed by atoms with E-state index in [1.54, 1.807) is 55.5 Å². The fourth-order valence-corrected chi connectivity index (χ4v) is 3.65. The normalized spacial score (nSPS) is 18.1. The number of benzene rings is 2. The number of aryl methyl sites for hydroxylation is 2. The maximum Gasteiger partial charge on any atom is 0.300 e. The molecule has 6 nitrogen and oxygen atoms in total. The molecule has 152 valence electrons. The van der Waals surface area contributed by atoms with Crippen LogP contribution in [0, 0.1) is 13.8 Å². The number of hydrogen-bond donors (Lipinski definition) is 1. The maximum absolute atomic E-state index is 13.1. The molecule has 2 heterocycles. The third-order valence-electron chi connectivity index (χ3n) is 5.14. The SMILES string of the molecule is COc1ccccc1N1C(=O)C(=O)/C(=C(\O)c2ccc(C)cc2)C1c1ccc(C)o1. The summed E-state index contributed by atoms with van der Waals surface area (Å²) in [5.74, 6) is -0.338. The van der Waals surface area contributed by atoms with Crippen molar-refractivity contribution in [1.82, 2.24) is 0 Å². The molecule has 1 saturated heterocycles. The third-order valence-corrected chi connectivity index (χ3v) is 5.14. The highest BCUT2D eigenvalue weighted by Crippen LogP contribution is 2.45. The van der Waals surface area contributed by atoms with E-state index in [4.69, 9.17) is 9.15 Å². The second-order valence-corrected chi connectivity index (χ2v) is 7.16. The van der Waals surface area contributed by atoms with Crippen LogP contribution in [0.25, 0.3) is 5.76 Å². The molecule has 1 unspecified atom stereocenters. The summed E-state index contributed by atoms with van der Waals surface area (Å²) in [6.45, 7) is 3.70. The van der Waals surface area contributed by atoms with E-state index in [0.717, 1.165) is 5.56 Å². The summed E-state index contributed by atoms with van der Waals surface area (Å²) in [5, 5.41) is 11.0. The Hall–Kier alpha value is -3.80. The first-order valence-corrected chi connectivity index (χ1v) is 9.49. The smallest absolute Gasteiger partial charge is 0.300 e. The molecule has 0 spiro atoms. The van der Waals surface area contributed by atoms with Crippen molar-refractivity contribution in [1.29, 1.82) is 0 Å². The van der Waals surface area contributed by atoms with Gasteiger partial charge in [-0.25, -0.2) is 0 Å². The molecule has 1 amide bonds. The number of rotatable bonds is 4. The molecular weight excluding hydrogens is 382 g/mol. The number of methoxy groups -OCH3 is 1. The van der Waals surface area contributed by atoms with Gasteiger partial charge in [0.25, 0.3) is 11.7 Å². The first-order chi connectivity index (χ1) is 14.4. The third kappa shape index (κ3) is 3.16. The first-order valence-electron chi connectivity index (χ1n) is 9.49. The molecule has 1 aliphatic heterocycles. The molecular formula is C24H21NO5. The summed E-state index contributed by atoms with van der Waals surface area (Å²) >= 11 is 0. The molecule has 1 aromatic heterocycles. The number of furan rings is 1. The number of carbonyl (C=O) groups is 2. The number of anilines is 1. The molecule has 4 rings (SSSR count). The van der Waals surface area contributed by atoms with Crippen molar-refractivity contribution in [3.8, 4) is 5.75 Å². The Morgan fingerprint density at radius 1 is 1.00 bits per heavy atom. The van der Waals surface area contributed by atoms with E-state index >= 15 is 0 Å². The number of para-hydroxylation sites is 2. The van der Waals surface area contributed by atoms with Crippen LogP contribution in [0.2, 0.25) is 0 Å². The molecule has 6 heteroatoms. The van der Waals surface area contributed by atoms with E-state index in [1.807, 2.05) is 19.1 Å². The molecule has 0 saturated carbocycles. The van der Waals surface area contributed by atoms with Gasteiger partial charge in [0.15, 0.2) is 0 Å². The Morgan fingerprint density at radius 2 is 1.70 bits per heavy atom. The number of Topliss-reactive ketones (excluding diaryl/α,β-unsaturated/α-hetero) is 1. The number of amides is 1. The van der Waals surface area contributed by atoms with Gasteiger partial charge < -0.3 is 14.3 Å². The van der Waals surface area contributed by atoms with Gasteiger partial charge in [0.1, 0.15) is 29.1 Å². The highest BCUT2D eigenvalue weighted by Gasteiger charge is 2.49. The molecule has 1 atom stereocenters. The number of ether oxygens (including phenoxy) is 1. The summed E-state index contributed by atoms with van der Waals surface area (Å²) in [4.78, 5) is 27.5. The second-order valence-electron chi connectivity index (χ2n) is 7.16. The van der Waals surface area contributed by atoms with Crippen molar-refractivity contribution in [2.24, 2.45) is 0 Å². The van der Waals surface area contributed by atoms with E-state index in [2.05, 4.69) is 0 Å². The zero-order chi connectivity index (χ0) is 21.4. The topological polar surface area (TPSA) is 80.0 Å². The van der Waals surface area contributed by atoms with Crippen LogP contribution in [-0.2, 0) is 9.59 Å². The second kappa shape index (κ2) is 7.55. The lowest BCUT2D eigenvalue weighted by Crippen LogP contribution is -2.29. The molecule has 30 heavy (non-hydrogen) atoms. The number of carbonyl (C=O) groups excluding carboxylic acids is 2. The van der Waals surface area contributed by atoms with Crippen LogP contribution in [0.15, 0.2) is 70.7 Å². The van der Waals surface area contributed by atoms with E-state index < -0.39 is 17.7 Å². The zero-order valence-electron chi connectivity index (χ0n) is 16.9. The number of aliphatic hydroxyl groups excluding tert-OH is 1. The van der Waals surface area contributed by atoms with Gasteiger partial charge in [-0.1, -0.05) is 42.0 Å². The van der Waals surface area contributed by atoms with Crippen LogP contribution in [0.3, 0.4) is 0 Å². The van der Waals surface area contributed by atoms with E-state index in [1.165, 1.54) is 12.0 Å². The van der Waals surface area contributed by atoms with Gasteiger partial charge in [-0.3, -0.25) is 14.5 Å². The van der Waals surface area contributed by atoms with Crippen LogP contribution in [-0.4, -0.2) is 23.9 Å². The van der Waals surface area contributed by atoms with Crippen LogP contribution in [0.4, 0.5) is 5.69 Å². The fraction of sp³-hybridized carbons (Fsp3) is 0.167. The zero-order valence-corrected chi connectivity index (χ0v) is 16.9. The largest absolute Gasteiger partial charge is 0.507 e. The highest BCUT2D eigenvalue weighted by atomic mass is 16.5. The van der Waals surface area contributed by atoms with Crippen molar-refractivity contribution in [3.05, 3.63) is 88.9 Å². The Balaban J connectivity index is 1.96. The summed E-state index contributed by atoms with van der Waals surface area (Å²) in [6.07, 6.45) is 0. The predicted octanol–water partition coefficient (Wildman–Crippen LogP) is 4.53. The van der Waals surface area contributed by atoms with Crippen molar-refractivity contribution in [3.63, 3.8) is 0 Å². The van der Waals surface area contributed by atoms with Gasteiger partial charge in [-0.2, -0.15) is 0 Å². The van der Waals surface area contributed by atoms with Crippen molar-refractivity contribution >= 4 is 23.1 Å². The number of ketones is 1. The molecule has 1 fully saturated rings. The molecule has 0 aliphatic carbocycles. The standard InChI is InChI=1S/C24H21NO5/c1-14-8-11-16(12-9-14)22(26)20-21(19-13-10-15(2)30-19)25(24(28)23(20)27)17-6-4-5-7-18(17)29-3/h4-13,21,26H,1-3H3/b22-20-. The highest BCUT2D eigenvalue weighted by molar-refractivity contribution is 6.51. The molecule has 3 aromatic rings. The Kier molecular flexibility index (Phi) is 4.91. The van der Waals surface area contributed by atoms with Crippen LogP contribution in [0.5, 0.6) is 5.75 Å². The summed E-state index contributed by atoms with van der Waals surface area (Å²) in [5.41, 5.74) is 1.86. The summed E-state index contributed by atoms with van der Waals surface area (Å²) in [7, 11) is 1.49. The van der Waals surface area contributed by atoms with E-state index in [0.29, 0.717) is 28.5 Å². The lowest BCUT2D eigenvalue weighted by atomic mass is 9.98. The number of hydrogen-bond acceptors (Lipinski definition) is 5. The van der Waals surface area contributed by atoms with Crippen molar-refractivity contribution in [2.45, 2.75) is 19.9 Å². The Morgan fingerprint density at radius 3 is 2.33 bits per heavy atom. The molecule has 1 aliphatic rings. The lowest BCUT2D eigenvalue weighted by Gasteiger charge is -2.25.